The number of likely N-dealkylation sites (tertiary alicyclic amines) is 1. The molecule has 1 aliphatic rings. The Bertz CT molecular complexity index is 511. The number of nitrogens with zero attached hydrogens (tertiary/aromatic N) is 1. The molecule has 1 aromatic carbocycles. The van der Waals surface area contributed by atoms with Crippen LogP contribution in [0.5, 0.6) is 0 Å². The number of carboxylic acid groups (broad SMARTS) is 1. The molecule has 1 N–H and O–H groups in total. The second kappa shape index (κ2) is 7.25. The minimum atomic E-state index is -0.874. The lowest BCUT2D eigenvalue weighted by atomic mass is 9.97. The zero-order valence-electron chi connectivity index (χ0n) is 12.5. The predicted molar refractivity (Wildman–Crippen MR) is 81.4 cm³/mol. The molecule has 0 aliphatic carbocycles. The van der Waals surface area contributed by atoms with Gasteiger partial charge in [-0.25, -0.2) is 0 Å². The van der Waals surface area contributed by atoms with E-state index in [2.05, 4.69) is 6.92 Å². The predicted octanol–water partition coefficient (Wildman–Crippen LogP) is 3.11. The molecule has 1 aliphatic heterocycles. The number of aliphatic carboxylic acids is 1. The first-order valence-electron chi connectivity index (χ1n) is 7.73. The molecule has 1 atom stereocenters. The van der Waals surface area contributed by atoms with Gasteiger partial charge in [-0.05, 0) is 43.4 Å². The summed E-state index contributed by atoms with van der Waals surface area (Å²) in [6.45, 7) is 2.96. The minimum Gasteiger partial charge on any atom is -0.481 e. The summed E-state index contributed by atoms with van der Waals surface area (Å²) in [5.74, 6) is -0.832. The number of carboxylic acids is 1. The van der Waals surface area contributed by atoms with E-state index in [9.17, 15) is 9.59 Å². The number of carbonyl (C=O) groups excluding carboxylic acids is 1. The number of hydrogen-bond acceptors (Lipinski definition) is 2. The molecule has 1 aromatic rings. The molecule has 0 bridgehead atoms. The van der Waals surface area contributed by atoms with E-state index in [1.807, 2.05) is 4.90 Å². The Hall–Kier alpha value is -1.84. The van der Waals surface area contributed by atoms with E-state index in [0.717, 1.165) is 32.2 Å². The monoisotopic (exact) mass is 289 g/mol. The molecule has 1 fully saturated rings. The van der Waals surface area contributed by atoms with Crippen molar-refractivity contribution < 1.29 is 14.7 Å². The summed E-state index contributed by atoms with van der Waals surface area (Å²) in [5, 5.41) is 8.86. The van der Waals surface area contributed by atoms with E-state index in [1.54, 1.807) is 24.3 Å². The highest BCUT2D eigenvalue weighted by molar-refractivity contribution is 5.94. The summed E-state index contributed by atoms with van der Waals surface area (Å²) in [6.07, 6.45) is 5.40. The highest BCUT2D eigenvalue weighted by Crippen LogP contribution is 2.23. The minimum absolute atomic E-state index is 0.0420. The molecule has 4 nitrogen and oxygen atoms in total. The van der Waals surface area contributed by atoms with Gasteiger partial charge < -0.3 is 10.0 Å². The van der Waals surface area contributed by atoms with Crippen LogP contribution in [-0.4, -0.2) is 34.5 Å². The van der Waals surface area contributed by atoms with Gasteiger partial charge in [0.1, 0.15) is 0 Å². The van der Waals surface area contributed by atoms with Crippen molar-refractivity contribution in [3.05, 3.63) is 35.4 Å². The first kappa shape index (κ1) is 15.5. The lowest BCUT2D eigenvalue weighted by Crippen LogP contribution is -2.43. The van der Waals surface area contributed by atoms with Gasteiger partial charge in [-0.1, -0.05) is 25.5 Å². The lowest BCUT2D eigenvalue weighted by Gasteiger charge is -2.36. The van der Waals surface area contributed by atoms with E-state index in [-0.39, 0.29) is 12.3 Å². The van der Waals surface area contributed by atoms with Crippen LogP contribution in [0.25, 0.3) is 0 Å². The van der Waals surface area contributed by atoms with Crippen molar-refractivity contribution in [2.75, 3.05) is 6.54 Å². The molecular formula is C17H23NO3. The van der Waals surface area contributed by atoms with E-state index < -0.39 is 5.97 Å². The molecule has 4 heteroatoms. The quantitative estimate of drug-likeness (QED) is 0.906. The Morgan fingerprint density at radius 2 is 2.14 bits per heavy atom. The number of carbonyl (C=O) groups is 2. The number of hydrogen-bond donors (Lipinski definition) is 1. The van der Waals surface area contributed by atoms with Gasteiger partial charge in [0.25, 0.3) is 5.91 Å². The van der Waals surface area contributed by atoms with Gasteiger partial charge in [0.15, 0.2) is 0 Å². The lowest BCUT2D eigenvalue weighted by molar-refractivity contribution is -0.136. The molecule has 0 saturated carbocycles. The first-order chi connectivity index (χ1) is 10.1. The molecule has 21 heavy (non-hydrogen) atoms. The van der Waals surface area contributed by atoms with Crippen LogP contribution in [0.3, 0.4) is 0 Å². The maximum absolute atomic E-state index is 12.7. The van der Waals surface area contributed by atoms with Gasteiger partial charge in [-0.15, -0.1) is 0 Å². The second-order valence-corrected chi connectivity index (χ2v) is 5.71. The highest BCUT2D eigenvalue weighted by atomic mass is 16.4. The van der Waals surface area contributed by atoms with E-state index in [4.69, 9.17) is 5.11 Å². The van der Waals surface area contributed by atoms with Crippen molar-refractivity contribution in [3.63, 3.8) is 0 Å². The Labute approximate surface area is 125 Å². The number of piperidine rings is 1. The fourth-order valence-corrected chi connectivity index (χ4v) is 3.06. The Kier molecular flexibility index (Phi) is 5.37. The van der Waals surface area contributed by atoms with Gasteiger partial charge >= 0.3 is 5.97 Å². The van der Waals surface area contributed by atoms with Gasteiger partial charge in [0.05, 0.1) is 6.42 Å². The van der Waals surface area contributed by atoms with Crippen LogP contribution in [-0.2, 0) is 11.2 Å². The SMILES string of the molecule is CCCC1CCCCN1C(=O)c1cccc(CC(=O)O)c1. The third-order valence-corrected chi connectivity index (χ3v) is 4.04. The normalized spacial score (nSPS) is 18.5. The van der Waals surface area contributed by atoms with Crippen molar-refractivity contribution in [2.45, 2.75) is 51.5 Å². The average molecular weight is 289 g/mol. The van der Waals surface area contributed by atoms with Crippen molar-refractivity contribution in [2.24, 2.45) is 0 Å². The number of amides is 1. The topological polar surface area (TPSA) is 57.6 Å². The standard InChI is InChI=1S/C17H23NO3/c1-2-6-15-9-3-4-10-18(15)17(21)14-8-5-7-13(11-14)12-16(19)20/h5,7-8,11,15H,2-4,6,9-10,12H2,1H3,(H,19,20). The van der Waals surface area contributed by atoms with Crippen molar-refractivity contribution in [1.29, 1.82) is 0 Å². The summed E-state index contributed by atoms with van der Waals surface area (Å²) in [5.41, 5.74) is 1.29. The van der Waals surface area contributed by atoms with Gasteiger partial charge in [-0.2, -0.15) is 0 Å². The first-order valence-corrected chi connectivity index (χ1v) is 7.73. The molecule has 2 rings (SSSR count). The smallest absolute Gasteiger partial charge is 0.307 e. The van der Waals surface area contributed by atoms with Crippen LogP contribution >= 0.6 is 0 Å². The van der Waals surface area contributed by atoms with E-state index in [0.29, 0.717) is 17.2 Å². The summed E-state index contributed by atoms with van der Waals surface area (Å²) in [4.78, 5) is 25.5. The third kappa shape index (κ3) is 4.06. The van der Waals surface area contributed by atoms with E-state index in [1.165, 1.54) is 6.42 Å². The molecular weight excluding hydrogens is 266 g/mol. The fourth-order valence-electron chi connectivity index (χ4n) is 3.06. The Balaban J connectivity index is 2.15. The summed E-state index contributed by atoms with van der Waals surface area (Å²) in [6, 6.07) is 7.35. The van der Waals surface area contributed by atoms with Crippen LogP contribution in [0.15, 0.2) is 24.3 Å². The average Bonchev–Trinajstić information content (AvgIpc) is 2.47. The molecule has 1 amide bonds. The second-order valence-electron chi connectivity index (χ2n) is 5.71. The zero-order chi connectivity index (χ0) is 15.2. The van der Waals surface area contributed by atoms with Gasteiger partial charge in [-0.3, -0.25) is 9.59 Å². The van der Waals surface area contributed by atoms with Crippen molar-refractivity contribution in [1.82, 2.24) is 4.90 Å². The third-order valence-electron chi connectivity index (χ3n) is 4.04. The number of benzene rings is 1. The molecule has 1 saturated heterocycles. The van der Waals surface area contributed by atoms with Crippen LogP contribution in [0.2, 0.25) is 0 Å². The fraction of sp³-hybridized carbons (Fsp3) is 0.529. The molecule has 1 unspecified atom stereocenters. The van der Waals surface area contributed by atoms with Crippen LogP contribution in [0.1, 0.15) is 54.9 Å². The van der Waals surface area contributed by atoms with Crippen LogP contribution in [0.4, 0.5) is 0 Å². The largest absolute Gasteiger partial charge is 0.481 e. The molecule has 1 heterocycles. The van der Waals surface area contributed by atoms with E-state index >= 15 is 0 Å². The van der Waals surface area contributed by atoms with Crippen molar-refractivity contribution >= 4 is 11.9 Å². The van der Waals surface area contributed by atoms with Crippen LogP contribution < -0.4 is 0 Å². The zero-order valence-corrected chi connectivity index (χ0v) is 12.5. The summed E-state index contributed by atoms with van der Waals surface area (Å²) >= 11 is 0. The highest BCUT2D eigenvalue weighted by Gasteiger charge is 2.26. The van der Waals surface area contributed by atoms with Gasteiger partial charge in [0.2, 0.25) is 0 Å². The molecule has 0 aromatic heterocycles. The Morgan fingerprint density at radius 3 is 2.86 bits per heavy atom. The Morgan fingerprint density at radius 1 is 1.33 bits per heavy atom. The molecule has 114 valence electrons. The maximum atomic E-state index is 12.7. The molecule has 0 radical (unpaired) electrons. The van der Waals surface area contributed by atoms with Crippen LogP contribution in [0, 0.1) is 0 Å². The number of rotatable bonds is 5. The summed E-state index contributed by atoms with van der Waals surface area (Å²) in [7, 11) is 0. The summed E-state index contributed by atoms with van der Waals surface area (Å²) < 4.78 is 0. The van der Waals surface area contributed by atoms with Crippen molar-refractivity contribution in [3.8, 4) is 0 Å². The maximum Gasteiger partial charge on any atom is 0.307 e. The molecule has 0 spiro atoms. The van der Waals surface area contributed by atoms with Gasteiger partial charge in [0, 0.05) is 18.2 Å².